The number of benzene rings is 1. The van der Waals surface area contributed by atoms with Crippen molar-refractivity contribution in [3.8, 4) is 11.8 Å². The van der Waals surface area contributed by atoms with Crippen molar-refractivity contribution in [1.29, 1.82) is 0 Å². The first-order valence-electron chi connectivity index (χ1n) is 8.20. The first-order valence-corrected chi connectivity index (χ1v) is 8.20. The van der Waals surface area contributed by atoms with E-state index in [-0.39, 0.29) is 0 Å². The maximum Gasteiger partial charge on any atom is 0.140 e. The Balaban J connectivity index is 1.65. The van der Waals surface area contributed by atoms with Crippen LogP contribution in [0.3, 0.4) is 0 Å². The highest BCUT2D eigenvalue weighted by Gasteiger charge is 2.23. The van der Waals surface area contributed by atoms with E-state index in [2.05, 4.69) is 27.8 Å². The zero-order valence-electron chi connectivity index (χ0n) is 13.2. The zero-order chi connectivity index (χ0) is 15.9. The molecule has 0 aliphatic carbocycles. The van der Waals surface area contributed by atoms with Crippen LogP contribution >= 0.6 is 0 Å². The normalized spacial score (nSPS) is 19.6. The fourth-order valence-electron chi connectivity index (χ4n) is 3.09. The van der Waals surface area contributed by atoms with Gasteiger partial charge in [0.2, 0.25) is 0 Å². The molecule has 1 aromatic heterocycles. The standard InChI is InChI=1S/C20H22N2O/c23-20(17-8-2-1-3-9-17)12-7-15-22-14-5-4-11-19(22)18-10-6-13-21-16-18/h1-3,6,8-10,13,16,19-20,23H,4-5,11,14-15H2/t19-,20-/m0/s1. The van der Waals surface area contributed by atoms with Gasteiger partial charge in [0.25, 0.3) is 0 Å². The van der Waals surface area contributed by atoms with Crippen LogP contribution in [-0.2, 0) is 0 Å². The van der Waals surface area contributed by atoms with Crippen LogP contribution in [0.15, 0.2) is 54.9 Å². The molecule has 23 heavy (non-hydrogen) atoms. The van der Waals surface area contributed by atoms with E-state index in [4.69, 9.17) is 0 Å². The smallest absolute Gasteiger partial charge is 0.140 e. The number of piperidine rings is 1. The van der Waals surface area contributed by atoms with Gasteiger partial charge in [0.05, 0.1) is 6.54 Å². The van der Waals surface area contributed by atoms with E-state index in [1.807, 2.05) is 48.8 Å². The quantitative estimate of drug-likeness (QED) is 0.884. The molecule has 2 aromatic rings. The summed E-state index contributed by atoms with van der Waals surface area (Å²) < 4.78 is 0. The number of rotatable bonds is 3. The minimum atomic E-state index is -0.710. The van der Waals surface area contributed by atoms with Gasteiger partial charge in [-0.2, -0.15) is 0 Å². The summed E-state index contributed by atoms with van der Waals surface area (Å²) in [5, 5.41) is 10.1. The van der Waals surface area contributed by atoms with Crippen molar-refractivity contribution >= 4 is 0 Å². The maximum atomic E-state index is 10.1. The second-order valence-corrected chi connectivity index (χ2v) is 5.90. The van der Waals surface area contributed by atoms with Gasteiger partial charge in [-0.1, -0.05) is 54.7 Å². The van der Waals surface area contributed by atoms with Gasteiger partial charge < -0.3 is 5.11 Å². The van der Waals surface area contributed by atoms with Crippen molar-refractivity contribution in [2.45, 2.75) is 31.4 Å². The average molecular weight is 306 g/mol. The molecule has 0 unspecified atom stereocenters. The molecule has 1 N–H and O–H groups in total. The van der Waals surface area contributed by atoms with Crippen LogP contribution in [0.5, 0.6) is 0 Å². The number of hydrogen-bond acceptors (Lipinski definition) is 3. The molecular formula is C20H22N2O. The first-order chi connectivity index (χ1) is 11.3. The summed E-state index contributed by atoms with van der Waals surface area (Å²) in [6.45, 7) is 1.74. The second kappa shape index (κ2) is 7.92. The van der Waals surface area contributed by atoms with E-state index >= 15 is 0 Å². The molecule has 2 heterocycles. The summed E-state index contributed by atoms with van der Waals surface area (Å²) in [5.74, 6) is 6.13. The SMILES string of the molecule is O[C@@H](C#CCN1CCCC[C@H]1c1cccnc1)c1ccccc1. The number of hydrogen-bond donors (Lipinski definition) is 1. The lowest BCUT2D eigenvalue weighted by molar-refractivity contribution is 0.168. The van der Waals surface area contributed by atoms with Gasteiger partial charge in [-0.25, -0.2) is 0 Å². The van der Waals surface area contributed by atoms with Crippen molar-refractivity contribution in [2.75, 3.05) is 13.1 Å². The van der Waals surface area contributed by atoms with Crippen molar-refractivity contribution in [3.05, 3.63) is 66.0 Å². The van der Waals surface area contributed by atoms with Gasteiger partial charge in [0.15, 0.2) is 0 Å². The molecule has 3 nitrogen and oxygen atoms in total. The van der Waals surface area contributed by atoms with Crippen LogP contribution in [0.2, 0.25) is 0 Å². The first kappa shape index (κ1) is 15.7. The lowest BCUT2D eigenvalue weighted by Gasteiger charge is -2.34. The van der Waals surface area contributed by atoms with Gasteiger partial charge in [-0.05, 0) is 36.6 Å². The molecule has 1 aliphatic heterocycles. The number of nitrogens with zero attached hydrogens (tertiary/aromatic N) is 2. The van der Waals surface area contributed by atoms with Crippen LogP contribution in [0.4, 0.5) is 0 Å². The van der Waals surface area contributed by atoms with Gasteiger partial charge in [0, 0.05) is 18.4 Å². The fourth-order valence-corrected chi connectivity index (χ4v) is 3.09. The molecule has 0 spiro atoms. The number of aliphatic hydroxyl groups excluding tert-OH is 1. The molecule has 1 aliphatic rings. The van der Waals surface area contributed by atoms with Gasteiger partial charge in [0.1, 0.15) is 6.10 Å². The van der Waals surface area contributed by atoms with Crippen molar-refractivity contribution < 1.29 is 5.11 Å². The van der Waals surface area contributed by atoms with Gasteiger partial charge in [-0.3, -0.25) is 9.88 Å². The van der Waals surface area contributed by atoms with E-state index in [0.717, 1.165) is 18.5 Å². The van der Waals surface area contributed by atoms with Crippen LogP contribution in [0.25, 0.3) is 0 Å². The molecule has 0 saturated carbocycles. The van der Waals surface area contributed by atoms with E-state index in [0.29, 0.717) is 12.6 Å². The predicted molar refractivity (Wildman–Crippen MR) is 91.6 cm³/mol. The van der Waals surface area contributed by atoms with Crippen LogP contribution in [0, 0.1) is 11.8 Å². The van der Waals surface area contributed by atoms with Gasteiger partial charge >= 0.3 is 0 Å². The molecule has 3 rings (SSSR count). The van der Waals surface area contributed by atoms with Crippen molar-refractivity contribution in [2.24, 2.45) is 0 Å². The zero-order valence-corrected chi connectivity index (χ0v) is 13.2. The largest absolute Gasteiger partial charge is 0.376 e. The minimum Gasteiger partial charge on any atom is -0.376 e. The molecule has 1 fully saturated rings. The second-order valence-electron chi connectivity index (χ2n) is 5.90. The predicted octanol–water partition coefficient (Wildman–Crippen LogP) is 3.35. The number of aliphatic hydroxyl groups is 1. The summed E-state index contributed by atoms with van der Waals surface area (Å²) in [4.78, 5) is 6.63. The minimum absolute atomic E-state index is 0.389. The lowest BCUT2D eigenvalue weighted by atomic mass is 9.96. The van der Waals surface area contributed by atoms with E-state index < -0.39 is 6.10 Å². The molecule has 1 aromatic carbocycles. The highest BCUT2D eigenvalue weighted by Crippen LogP contribution is 2.29. The van der Waals surface area contributed by atoms with Crippen LogP contribution in [0.1, 0.15) is 42.5 Å². The summed E-state index contributed by atoms with van der Waals surface area (Å²) >= 11 is 0. The van der Waals surface area contributed by atoms with E-state index in [9.17, 15) is 5.11 Å². The Hall–Kier alpha value is -2.15. The Morgan fingerprint density at radius 1 is 1.17 bits per heavy atom. The van der Waals surface area contributed by atoms with Gasteiger partial charge in [-0.15, -0.1) is 0 Å². The topological polar surface area (TPSA) is 36.4 Å². The monoisotopic (exact) mass is 306 g/mol. The van der Waals surface area contributed by atoms with E-state index in [1.165, 1.54) is 18.4 Å². The molecule has 118 valence electrons. The number of likely N-dealkylation sites (tertiary alicyclic amines) is 1. The number of aromatic nitrogens is 1. The summed E-state index contributed by atoms with van der Waals surface area (Å²) in [7, 11) is 0. The summed E-state index contributed by atoms with van der Waals surface area (Å²) in [5.41, 5.74) is 2.11. The third-order valence-electron chi connectivity index (χ3n) is 4.32. The molecule has 2 atom stereocenters. The average Bonchev–Trinajstić information content (AvgIpc) is 2.63. The number of pyridine rings is 1. The Morgan fingerprint density at radius 3 is 2.83 bits per heavy atom. The molecule has 3 heteroatoms. The lowest BCUT2D eigenvalue weighted by Crippen LogP contribution is -2.33. The maximum absolute atomic E-state index is 10.1. The van der Waals surface area contributed by atoms with Crippen LogP contribution < -0.4 is 0 Å². The fraction of sp³-hybridized carbons (Fsp3) is 0.350. The highest BCUT2D eigenvalue weighted by molar-refractivity contribution is 5.25. The summed E-state index contributed by atoms with van der Waals surface area (Å²) in [6.07, 6.45) is 6.66. The van der Waals surface area contributed by atoms with Crippen molar-refractivity contribution in [1.82, 2.24) is 9.88 Å². The Labute approximate surface area is 138 Å². The summed E-state index contributed by atoms with van der Waals surface area (Å²) in [6, 6.07) is 14.1. The highest BCUT2D eigenvalue weighted by atomic mass is 16.3. The molecular weight excluding hydrogens is 284 g/mol. The Morgan fingerprint density at radius 2 is 2.04 bits per heavy atom. The Bertz CT molecular complexity index is 660. The third-order valence-corrected chi connectivity index (χ3v) is 4.32. The van der Waals surface area contributed by atoms with Crippen molar-refractivity contribution in [3.63, 3.8) is 0 Å². The Kier molecular flexibility index (Phi) is 5.42. The van der Waals surface area contributed by atoms with Crippen LogP contribution in [-0.4, -0.2) is 28.1 Å². The molecule has 1 saturated heterocycles. The van der Waals surface area contributed by atoms with E-state index in [1.54, 1.807) is 0 Å². The molecule has 0 bridgehead atoms. The third kappa shape index (κ3) is 4.19. The molecule has 0 radical (unpaired) electrons. The molecule has 0 amide bonds.